The van der Waals surface area contributed by atoms with Gasteiger partial charge in [0.25, 0.3) is 11.8 Å². The number of benzene rings is 1. The maximum absolute atomic E-state index is 14.1. The van der Waals surface area contributed by atoms with E-state index in [1.54, 1.807) is 28.5 Å². The van der Waals surface area contributed by atoms with Crippen LogP contribution in [-0.4, -0.2) is 61.6 Å². The van der Waals surface area contributed by atoms with Gasteiger partial charge in [-0.1, -0.05) is 0 Å². The first kappa shape index (κ1) is 22.9. The molecular weight excluding hydrogens is 436 g/mol. The number of aryl methyl sites for hydroxylation is 1. The van der Waals surface area contributed by atoms with Gasteiger partial charge < -0.3 is 9.47 Å². The Morgan fingerprint density at radius 3 is 2.28 bits per heavy atom. The molecule has 1 spiro atoms. The first-order chi connectivity index (χ1) is 14.8. The molecule has 2 aliphatic heterocycles. The summed E-state index contributed by atoms with van der Waals surface area (Å²) in [6, 6.07) is 8.00. The standard InChI is InChI=1S/C23H29F2N3O3S/c1-16-15-17(5-6-18(16)32(4,30)31)21(29)27-11-9-23(10-12-27)20-8-7-19(22(2,24)25)28(20)14-13-26(23)3/h5-8,15H,9-14H2,1-4H3. The van der Waals surface area contributed by atoms with Crippen LogP contribution in [0.1, 0.15) is 47.1 Å². The summed E-state index contributed by atoms with van der Waals surface area (Å²) in [5.74, 6) is -3.04. The molecule has 0 aliphatic carbocycles. The summed E-state index contributed by atoms with van der Waals surface area (Å²) in [6.45, 7) is 4.81. The molecule has 1 aromatic heterocycles. The van der Waals surface area contributed by atoms with E-state index in [9.17, 15) is 22.0 Å². The van der Waals surface area contributed by atoms with Gasteiger partial charge >= 0.3 is 0 Å². The zero-order valence-electron chi connectivity index (χ0n) is 18.9. The third-order valence-corrected chi connectivity index (χ3v) is 8.25. The molecule has 0 N–H and O–H groups in total. The monoisotopic (exact) mass is 465 g/mol. The Balaban J connectivity index is 1.57. The molecule has 2 aromatic rings. The molecule has 1 amide bonds. The number of nitrogens with zero attached hydrogens (tertiary/aromatic N) is 3. The lowest BCUT2D eigenvalue weighted by molar-refractivity contribution is -0.00702. The Hall–Kier alpha value is -2.26. The van der Waals surface area contributed by atoms with Crippen LogP contribution in [0, 0.1) is 6.92 Å². The minimum atomic E-state index is -3.35. The summed E-state index contributed by atoms with van der Waals surface area (Å²) in [5, 5.41) is 0. The molecule has 174 valence electrons. The molecule has 1 saturated heterocycles. The topological polar surface area (TPSA) is 62.6 Å². The molecule has 3 heterocycles. The highest BCUT2D eigenvalue weighted by Crippen LogP contribution is 2.43. The van der Waals surface area contributed by atoms with Crippen LogP contribution in [0.5, 0.6) is 0 Å². The van der Waals surface area contributed by atoms with Crippen LogP contribution < -0.4 is 0 Å². The Morgan fingerprint density at radius 2 is 1.72 bits per heavy atom. The van der Waals surface area contributed by atoms with E-state index in [0.29, 0.717) is 50.1 Å². The van der Waals surface area contributed by atoms with Crippen LogP contribution in [-0.2, 0) is 27.8 Å². The van der Waals surface area contributed by atoms with Crippen molar-refractivity contribution in [3.05, 3.63) is 52.8 Å². The predicted octanol–water partition coefficient (Wildman–Crippen LogP) is 3.39. The van der Waals surface area contributed by atoms with E-state index in [-0.39, 0.29) is 22.0 Å². The molecule has 0 saturated carbocycles. The van der Waals surface area contributed by atoms with Crippen molar-refractivity contribution in [1.29, 1.82) is 0 Å². The van der Waals surface area contributed by atoms with Crippen LogP contribution in [0.4, 0.5) is 8.78 Å². The largest absolute Gasteiger partial charge is 0.340 e. The molecule has 2 aliphatic rings. The van der Waals surface area contributed by atoms with Crippen LogP contribution in [0.25, 0.3) is 0 Å². The normalized spacial score (nSPS) is 19.2. The number of hydrogen-bond acceptors (Lipinski definition) is 4. The number of sulfone groups is 1. The molecule has 6 nitrogen and oxygen atoms in total. The Bertz CT molecular complexity index is 1160. The predicted molar refractivity (Wildman–Crippen MR) is 118 cm³/mol. The number of likely N-dealkylation sites (tertiary alicyclic amines) is 1. The van der Waals surface area contributed by atoms with Crippen molar-refractivity contribution < 1.29 is 22.0 Å². The highest BCUT2D eigenvalue weighted by Gasteiger charge is 2.46. The Labute approximate surface area is 187 Å². The van der Waals surface area contributed by atoms with E-state index in [1.807, 2.05) is 13.1 Å². The number of carbonyl (C=O) groups excluding carboxylic acids is 1. The van der Waals surface area contributed by atoms with Crippen molar-refractivity contribution in [2.75, 3.05) is 32.9 Å². The van der Waals surface area contributed by atoms with Gasteiger partial charge in [-0.25, -0.2) is 17.2 Å². The number of halogens is 2. The van der Waals surface area contributed by atoms with Gasteiger partial charge in [-0.15, -0.1) is 0 Å². The summed E-state index contributed by atoms with van der Waals surface area (Å²) < 4.78 is 53.7. The fraction of sp³-hybridized carbons (Fsp3) is 0.522. The van der Waals surface area contributed by atoms with E-state index in [0.717, 1.165) is 18.9 Å². The molecule has 1 fully saturated rings. The van der Waals surface area contributed by atoms with Gasteiger partial charge in [0, 0.05) is 50.6 Å². The second-order valence-electron chi connectivity index (χ2n) is 9.14. The molecule has 9 heteroatoms. The lowest BCUT2D eigenvalue weighted by Gasteiger charge is -2.50. The Kier molecular flexibility index (Phi) is 5.48. The first-order valence-corrected chi connectivity index (χ1v) is 12.6. The third-order valence-electron chi connectivity index (χ3n) is 7.00. The maximum Gasteiger partial charge on any atom is 0.285 e. The van der Waals surface area contributed by atoms with Crippen LogP contribution in [0.2, 0.25) is 0 Å². The van der Waals surface area contributed by atoms with Gasteiger partial charge in [-0.2, -0.15) is 0 Å². The van der Waals surface area contributed by atoms with Crippen molar-refractivity contribution in [3.63, 3.8) is 0 Å². The third kappa shape index (κ3) is 3.75. The summed E-state index contributed by atoms with van der Waals surface area (Å²) in [5.41, 5.74) is 1.56. The Morgan fingerprint density at radius 1 is 1.06 bits per heavy atom. The SMILES string of the molecule is Cc1cc(C(=O)N2CCC3(CC2)c2ccc(C(C)(F)F)n2CCN3C)ccc1S(C)(=O)=O. The van der Waals surface area contributed by atoms with Gasteiger partial charge in [0.1, 0.15) is 0 Å². The second kappa shape index (κ2) is 7.66. The number of aromatic nitrogens is 1. The van der Waals surface area contributed by atoms with E-state index in [1.165, 1.54) is 12.1 Å². The minimum Gasteiger partial charge on any atom is -0.340 e. The van der Waals surface area contributed by atoms with Gasteiger partial charge in [-0.05, 0) is 62.7 Å². The smallest absolute Gasteiger partial charge is 0.285 e. The minimum absolute atomic E-state index is 0.0416. The maximum atomic E-state index is 14.1. The zero-order chi connectivity index (χ0) is 23.5. The van der Waals surface area contributed by atoms with Crippen molar-refractivity contribution in [2.24, 2.45) is 0 Å². The zero-order valence-corrected chi connectivity index (χ0v) is 19.7. The number of piperidine rings is 1. The summed E-state index contributed by atoms with van der Waals surface area (Å²) in [4.78, 5) is 17.3. The quantitative estimate of drug-likeness (QED) is 0.697. The van der Waals surface area contributed by atoms with Crippen molar-refractivity contribution >= 4 is 15.7 Å². The molecular formula is C23H29F2N3O3S. The lowest BCUT2D eigenvalue weighted by Crippen LogP contribution is -2.56. The number of carbonyl (C=O) groups is 1. The molecule has 0 atom stereocenters. The summed E-state index contributed by atoms with van der Waals surface area (Å²) in [6.07, 6.45) is 2.44. The van der Waals surface area contributed by atoms with E-state index < -0.39 is 15.8 Å². The van der Waals surface area contributed by atoms with Crippen LogP contribution >= 0.6 is 0 Å². The van der Waals surface area contributed by atoms with Crippen molar-refractivity contribution in [1.82, 2.24) is 14.4 Å². The van der Waals surface area contributed by atoms with E-state index in [4.69, 9.17) is 0 Å². The number of hydrogen-bond donors (Lipinski definition) is 0. The highest BCUT2D eigenvalue weighted by molar-refractivity contribution is 7.90. The molecule has 0 radical (unpaired) electrons. The van der Waals surface area contributed by atoms with Gasteiger partial charge in [0.15, 0.2) is 9.84 Å². The lowest BCUT2D eigenvalue weighted by atomic mass is 9.81. The molecule has 0 bridgehead atoms. The fourth-order valence-electron chi connectivity index (χ4n) is 5.26. The molecule has 4 rings (SSSR count). The van der Waals surface area contributed by atoms with Gasteiger partial charge in [0.05, 0.1) is 16.1 Å². The van der Waals surface area contributed by atoms with Gasteiger partial charge in [-0.3, -0.25) is 9.69 Å². The first-order valence-electron chi connectivity index (χ1n) is 10.7. The number of likely N-dealkylation sites (N-methyl/N-ethyl adjacent to an activating group) is 1. The average molecular weight is 466 g/mol. The number of rotatable bonds is 3. The van der Waals surface area contributed by atoms with Gasteiger partial charge in [0.2, 0.25) is 0 Å². The van der Waals surface area contributed by atoms with Crippen molar-refractivity contribution in [2.45, 2.75) is 49.6 Å². The molecule has 1 aromatic carbocycles. The second-order valence-corrected chi connectivity index (χ2v) is 11.1. The van der Waals surface area contributed by atoms with Crippen LogP contribution in [0.3, 0.4) is 0 Å². The fourth-order valence-corrected chi connectivity index (χ4v) is 6.22. The number of fused-ring (bicyclic) bond motifs is 2. The molecule has 32 heavy (non-hydrogen) atoms. The van der Waals surface area contributed by atoms with E-state index in [2.05, 4.69) is 4.90 Å². The summed E-state index contributed by atoms with van der Waals surface area (Å²) >= 11 is 0. The number of alkyl halides is 2. The molecule has 0 unspecified atom stereocenters. The summed E-state index contributed by atoms with van der Waals surface area (Å²) in [7, 11) is -1.33. The average Bonchev–Trinajstić information content (AvgIpc) is 3.15. The van der Waals surface area contributed by atoms with Crippen molar-refractivity contribution in [3.8, 4) is 0 Å². The van der Waals surface area contributed by atoms with E-state index >= 15 is 0 Å². The highest BCUT2D eigenvalue weighted by atomic mass is 32.2. The van der Waals surface area contributed by atoms with Crippen LogP contribution in [0.15, 0.2) is 35.2 Å². The number of amides is 1.